The lowest BCUT2D eigenvalue weighted by Gasteiger charge is -2.14. The number of carbonyl (C=O) groups is 2. The number of anilines is 1. The Balaban J connectivity index is 1.91. The maximum Gasteiger partial charge on any atom is 0.331 e. The number of carbonyl (C=O) groups excluding carboxylic acids is 2. The van der Waals surface area contributed by atoms with E-state index in [4.69, 9.17) is 4.74 Å². The fourth-order valence-electron chi connectivity index (χ4n) is 2.19. The molecule has 0 aliphatic carbocycles. The summed E-state index contributed by atoms with van der Waals surface area (Å²) in [7, 11) is 0. The molecule has 0 aliphatic rings. The van der Waals surface area contributed by atoms with Crippen molar-refractivity contribution in [1.82, 2.24) is 0 Å². The van der Waals surface area contributed by atoms with Gasteiger partial charge < -0.3 is 10.1 Å². The Morgan fingerprint density at radius 1 is 1.12 bits per heavy atom. The van der Waals surface area contributed by atoms with Crippen LogP contribution in [0, 0.1) is 13.8 Å². The fraction of sp³-hybridized carbons (Fsp3) is 0.200. The molecule has 5 heteroatoms. The van der Waals surface area contributed by atoms with Crippen molar-refractivity contribution in [2.75, 3.05) is 5.32 Å². The molecule has 0 saturated carbocycles. The Morgan fingerprint density at radius 3 is 2.44 bits per heavy atom. The predicted molar refractivity (Wildman–Crippen MR) is 103 cm³/mol. The first-order valence-electron chi connectivity index (χ1n) is 7.87. The summed E-state index contributed by atoms with van der Waals surface area (Å²) >= 11 is 3.35. The van der Waals surface area contributed by atoms with Crippen LogP contribution in [0.25, 0.3) is 6.08 Å². The summed E-state index contributed by atoms with van der Waals surface area (Å²) in [6.07, 6.45) is 2.07. The predicted octanol–water partition coefficient (Wildman–Crippen LogP) is 4.65. The number of benzene rings is 2. The monoisotopic (exact) mass is 401 g/mol. The number of halogens is 1. The molecular formula is C20H20BrNO3. The third-order valence-electron chi connectivity index (χ3n) is 3.58. The van der Waals surface area contributed by atoms with Crippen molar-refractivity contribution in [3.05, 3.63) is 69.7 Å². The summed E-state index contributed by atoms with van der Waals surface area (Å²) < 4.78 is 6.11. The van der Waals surface area contributed by atoms with Gasteiger partial charge in [0.2, 0.25) is 0 Å². The van der Waals surface area contributed by atoms with Crippen molar-refractivity contribution in [3.63, 3.8) is 0 Å². The molecule has 0 spiro atoms. The van der Waals surface area contributed by atoms with Gasteiger partial charge in [0.25, 0.3) is 5.91 Å². The minimum Gasteiger partial charge on any atom is -0.449 e. The zero-order chi connectivity index (χ0) is 18.4. The van der Waals surface area contributed by atoms with Gasteiger partial charge in [-0.3, -0.25) is 4.79 Å². The molecule has 0 aliphatic heterocycles. The Bertz CT molecular complexity index is 797. The minimum absolute atomic E-state index is 0.364. The van der Waals surface area contributed by atoms with Crippen molar-refractivity contribution in [2.24, 2.45) is 0 Å². The van der Waals surface area contributed by atoms with E-state index in [9.17, 15) is 9.59 Å². The number of rotatable bonds is 5. The zero-order valence-corrected chi connectivity index (χ0v) is 16.0. The second-order valence-electron chi connectivity index (χ2n) is 5.77. The van der Waals surface area contributed by atoms with Crippen LogP contribution < -0.4 is 5.32 Å². The summed E-state index contributed by atoms with van der Waals surface area (Å²) in [5.41, 5.74) is 3.66. The van der Waals surface area contributed by atoms with Gasteiger partial charge in [0, 0.05) is 16.2 Å². The van der Waals surface area contributed by atoms with Crippen LogP contribution in [0.1, 0.15) is 23.6 Å². The van der Waals surface area contributed by atoms with Crippen LogP contribution in [0.5, 0.6) is 0 Å². The second-order valence-corrected chi connectivity index (χ2v) is 6.69. The normalized spacial score (nSPS) is 12.0. The van der Waals surface area contributed by atoms with Crippen molar-refractivity contribution < 1.29 is 14.3 Å². The van der Waals surface area contributed by atoms with Crippen molar-refractivity contribution in [2.45, 2.75) is 26.9 Å². The molecule has 0 radical (unpaired) electrons. The van der Waals surface area contributed by atoms with Crippen molar-refractivity contribution in [1.29, 1.82) is 0 Å². The molecule has 0 aromatic heterocycles. The number of hydrogen-bond acceptors (Lipinski definition) is 3. The van der Waals surface area contributed by atoms with Crippen LogP contribution in [-0.2, 0) is 14.3 Å². The molecule has 1 atom stereocenters. The molecule has 25 heavy (non-hydrogen) atoms. The first kappa shape index (κ1) is 18.9. The van der Waals surface area contributed by atoms with E-state index in [1.807, 2.05) is 56.3 Å². The van der Waals surface area contributed by atoms with Crippen LogP contribution in [0.3, 0.4) is 0 Å². The first-order chi connectivity index (χ1) is 11.8. The van der Waals surface area contributed by atoms with Gasteiger partial charge in [-0.1, -0.05) is 45.8 Å². The molecule has 2 rings (SSSR count). The van der Waals surface area contributed by atoms with E-state index in [1.54, 1.807) is 13.0 Å². The SMILES string of the molecule is Cc1ccc(NC(=O)[C@@H](C)OC(=O)/C=C/c2ccc(Br)cc2)c(C)c1. The zero-order valence-electron chi connectivity index (χ0n) is 14.4. The number of hydrogen-bond donors (Lipinski definition) is 1. The lowest BCUT2D eigenvalue weighted by atomic mass is 10.1. The minimum atomic E-state index is -0.886. The summed E-state index contributed by atoms with van der Waals surface area (Å²) in [6.45, 7) is 5.45. The third-order valence-corrected chi connectivity index (χ3v) is 4.11. The molecule has 0 fully saturated rings. The first-order valence-corrected chi connectivity index (χ1v) is 8.67. The average molecular weight is 402 g/mol. The summed E-state index contributed by atoms with van der Waals surface area (Å²) in [6, 6.07) is 13.2. The number of nitrogens with one attached hydrogen (secondary N) is 1. The molecule has 2 aromatic carbocycles. The Hall–Kier alpha value is -2.40. The van der Waals surface area contributed by atoms with Gasteiger partial charge in [0.1, 0.15) is 0 Å². The fourth-order valence-corrected chi connectivity index (χ4v) is 2.46. The van der Waals surface area contributed by atoms with E-state index >= 15 is 0 Å². The van der Waals surface area contributed by atoms with Gasteiger partial charge >= 0.3 is 5.97 Å². The van der Waals surface area contributed by atoms with E-state index in [2.05, 4.69) is 21.2 Å². The highest BCUT2D eigenvalue weighted by molar-refractivity contribution is 9.10. The average Bonchev–Trinajstić information content (AvgIpc) is 2.56. The van der Waals surface area contributed by atoms with Crippen LogP contribution in [-0.4, -0.2) is 18.0 Å². The van der Waals surface area contributed by atoms with Gasteiger partial charge in [-0.05, 0) is 56.2 Å². The standard InChI is InChI=1S/C20H20BrNO3/c1-13-4-10-18(14(2)12-13)22-20(24)15(3)25-19(23)11-7-16-5-8-17(21)9-6-16/h4-12,15H,1-3H3,(H,22,24)/b11-7+/t15-/m1/s1. The molecule has 0 heterocycles. The molecule has 4 nitrogen and oxygen atoms in total. The number of aryl methyl sites for hydroxylation is 2. The number of ether oxygens (including phenoxy) is 1. The van der Waals surface area contributed by atoms with Gasteiger partial charge in [-0.25, -0.2) is 4.79 Å². The Kier molecular flexibility index (Phi) is 6.53. The van der Waals surface area contributed by atoms with Gasteiger partial charge in [-0.2, -0.15) is 0 Å². The van der Waals surface area contributed by atoms with Gasteiger partial charge in [-0.15, -0.1) is 0 Å². The molecule has 0 saturated heterocycles. The highest BCUT2D eigenvalue weighted by atomic mass is 79.9. The molecule has 130 valence electrons. The van der Waals surface area contributed by atoms with Gasteiger partial charge in [0.15, 0.2) is 6.10 Å². The molecule has 1 amide bonds. The highest BCUT2D eigenvalue weighted by Gasteiger charge is 2.17. The van der Waals surface area contributed by atoms with Crippen molar-refractivity contribution >= 4 is 39.6 Å². The molecule has 1 N–H and O–H groups in total. The van der Waals surface area contributed by atoms with E-state index in [-0.39, 0.29) is 5.91 Å². The summed E-state index contributed by atoms with van der Waals surface area (Å²) in [5.74, 6) is -0.927. The maximum absolute atomic E-state index is 12.2. The van der Waals surface area contributed by atoms with Crippen molar-refractivity contribution in [3.8, 4) is 0 Å². The topological polar surface area (TPSA) is 55.4 Å². The Labute approximate surface area is 156 Å². The van der Waals surface area contributed by atoms with E-state index in [0.717, 1.165) is 21.2 Å². The third kappa shape index (κ3) is 5.87. The molecule has 0 bridgehead atoms. The summed E-state index contributed by atoms with van der Waals surface area (Å²) in [4.78, 5) is 24.0. The van der Waals surface area contributed by atoms with Crippen LogP contribution >= 0.6 is 15.9 Å². The maximum atomic E-state index is 12.2. The smallest absolute Gasteiger partial charge is 0.331 e. The highest BCUT2D eigenvalue weighted by Crippen LogP contribution is 2.16. The van der Waals surface area contributed by atoms with Crippen LogP contribution in [0.2, 0.25) is 0 Å². The molecular weight excluding hydrogens is 382 g/mol. The van der Waals surface area contributed by atoms with E-state index in [0.29, 0.717) is 5.69 Å². The van der Waals surface area contributed by atoms with Crippen LogP contribution in [0.4, 0.5) is 5.69 Å². The Morgan fingerprint density at radius 2 is 1.80 bits per heavy atom. The number of esters is 1. The van der Waals surface area contributed by atoms with Gasteiger partial charge in [0.05, 0.1) is 0 Å². The lowest BCUT2D eigenvalue weighted by Crippen LogP contribution is -2.29. The summed E-state index contributed by atoms with van der Waals surface area (Å²) in [5, 5.41) is 2.78. The van der Waals surface area contributed by atoms with E-state index < -0.39 is 12.1 Å². The number of amides is 1. The largest absolute Gasteiger partial charge is 0.449 e. The lowest BCUT2D eigenvalue weighted by molar-refractivity contribution is -0.148. The van der Waals surface area contributed by atoms with Crippen LogP contribution in [0.15, 0.2) is 53.0 Å². The second kappa shape index (κ2) is 8.62. The molecule has 0 unspecified atom stereocenters. The van der Waals surface area contributed by atoms with E-state index in [1.165, 1.54) is 6.08 Å². The molecule has 2 aromatic rings. The quantitative estimate of drug-likeness (QED) is 0.585.